The summed E-state index contributed by atoms with van der Waals surface area (Å²) in [6.45, 7) is 4.55. The third-order valence-electron chi connectivity index (χ3n) is 3.67. The molecule has 21 heavy (non-hydrogen) atoms. The first-order valence-electron chi connectivity index (χ1n) is 6.94. The maximum Gasteiger partial charge on any atom is 0.419 e. The maximum absolute atomic E-state index is 11.7. The predicted octanol–water partition coefficient (Wildman–Crippen LogP) is 4.25. The molecule has 3 nitrogen and oxygen atoms in total. The van der Waals surface area contributed by atoms with Gasteiger partial charge in [0.1, 0.15) is 0 Å². The lowest BCUT2D eigenvalue weighted by atomic mass is 10.0. The Morgan fingerprint density at radius 3 is 2.48 bits per heavy atom. The van der Waals surface area contributed by atoms with E-state index in [4.69, 9.17) is 16.0 Å². The molecular weight excluding hydrogens is 286 g/mol. The highest BCUT2D eigenvalue weighted by molar-refractivity contribution is 6.22. The number of halogens is 1. The van der Waals surface area contributed by atoms with E-state index < -0.39 is 0 Å². The summed E-state index contributed by atoms with van der Waals surface area (Å²) in [6, 6.07) is 13.8. The molecule has 0 aliphatic carbocycles. The average Bonchev–Trinajstić information content (AvgIpc) is 2.81. The third kappa shape index (κ3) is 2.49. The van der Waals surface area contributed by atoms with E-state index in [9.17, 15) is 4.79 Å². The predicted molar refractivity (Wildman–Crippen MR) is 85.0 cm³/mol. The molecule has 1 heterocycles. The van der Waals surface area contributed by atoms with Crippen molar-refractivity contribution in [2.75, 3.05) is 0 Å². The van der Waals surface area contributed by atoms with E-state index in [1.165, 1.54) is 5.56 Å². The minimum atomic E-state index is -0.328. The molecule has 0 saturated heterocycles. The minimum Gasteiger partial charge on any atom is -0.408 e. The summed E-state index contributed by atoms with van der Waals surface area (Å²) in [5, 5.41) is -0.259. The molecule has 0 spiro atoms. The van der Waals surface area contributed by atoms with Crippen molar-refractivity contribution >= 4 is 22.7 Å². The lowest BCUT2D eigenvalue weighted by Gasteiger charge is -2.10. The van der Waals surface area contributed by atoms with Gasteiger partial charge in [0.2, 0.25) is 0 Å². The molecule has 108 valence electrons. The van der Waals surface area contributed by atoms with E-state index in [1.54, 1.807) is 4.57 Å². The first-order chi connectivity index (χ1) is 10.1. The minimum absolute atomic E-state index is 0.259. The number of hydrogen-bond donors (Lipinski definition) is 0. The van der Waals surface area contributed by atoms with E-state index in [0.717, 1.165) is 16.6 Å². The number of nitrogens with zero attached hydrogens (tertiary/aromatic N) is 1. The Labute approximate surface area is 127 Å². The first-order valence-corrected chi connectivity index (χ1v) is 7.37. The van der Waals surface area contributed by atoms with Gasteiger partial charge in [-0.25, -0.2) is 4.79 Å². The molecule has 4 heteroatoms. The third-order valence-corrected chi connectivity index (χ3v) is 4.18. The Hall–Kier alpha value is -2.00. The van der Waals surface area contributed by atoms with Gasteiger partial charge in [0.15, 0.2) is 5.58 Å². The summed E-state index contributed by atoms with van der Waals surface area (Å²) in [6.07, 6.45) is 0. The van der Waals surface area contributed by atoms with Crippen molar-refractivity contribution in [2.24, 2.45) is 0 Å². The van der Waals surface area contributed by atoms with E-state index in [-0.39, 0.29) is 11.1 Å². The summed E-state index contributed by atoms with van der Waals surface area (Å²) in [5.41, 5.74) is 4.53. The van der Waals surface area contributed by atoms with Crippen LogP contribution < -0.4 is 5.76 Å². The van der Waals surface area contributed by atoms with Gasteiger partial charge < -0.3 is 4.42 Å². The van der Waals surface area contributed by atoms with Crippen LogP contribution >= 0.6 is 11.6 Å². The second-order valence-corrected chi connectivity index (χ2v) is 5.55. The van der Waals surface area contributed by atoms with E-state index in [0.29, 0.717) is 12.1 Å². The van der Waals surface area contributed by atoms with Gasteiger partial charge in [0.05, 0.1) is 10.9 Å². The summed E-state index contributed by atoms with van der Waals surface area (Å²) in [4.78, 5) is 11.7. The van der Waals surface area contributed by atoms with Crippen molar-refractivity contribution in [3.8, 4) is 0 Å². The van der Waals surface area contributed by atoms with Crippen molar-refractivity contribution < 1.29 is 4.42 Å². The Morgan fingerprint density at radius 1 is 1.14 bits per heavy atom. The van der Waals surface area contributed by atoms with Crippen LogP contribution in [0.25, 0.3) is 11.1 Å². The number of aromatic nitrogens is 1. The number of oxazole rings is 1. The molecule has 0 fully saturated rings. The Bertz CT molecular complexity index is 830. The van der Waals surface area contributed by atoms with Crippen LogP contribution in [-0.2, 0) is 6.54 Å². The molecule has 3 rings (SSSR count). The van der Waals surface area contributed by atoms with E-state index in [1.807, 2.05) is 56.3 Å². The summed E-state index contributed by atoms with van der Waals surface area (Å²) in [5.74, 6) is -0.328. The molecule has 0 bridgehead atoms. The van der Waals surface area contributed by atoms with E-state index >= 15 is 0 Å². The Kier molecular flexibility index (Phi) is 3.60. The van der Waals surface area contributed by atoms with Crippen molar-refractivity contribution in [3.63, 3.8) is 0 Å². The maximum atomic E-state index is 11.7. The van der Waals surface area contributed by atoms with Gasteiger partial charge in [-0.05, 0) is 37.1 Å². The van der Waals surface area contributed by atoms with Crippen molar-refractivity contribution in [1.29, 1.82) is 0 Å². The number of benzene rings is 2. The highest BCUT2D eigenvalue weighted by atomic mass is 35.5. The van der Waals surface area contributed by atoms with Crippen LogP contribution in [0.5, 0.6) is 0 Å². The fourth-order valence-electron chi connectivity index (χ4n) is 2.47. The van der Waals surface area contributed by atoms with Gasteiger partial charge >= 0.3 is 5.76 Å². The Morgan fingerprint density at radius 2 is 1.81 bits per heavy atom. The molecule has 1 atom stereocenters. The monoisotopic (exact) mass is 301 g/mol. The van der Waals surface area contributed by atoms with Gasteiger partial charge in [0, 0.05) is 6.54 Å². The summed E-state index contributed by atoms with van der Waals surface area (Å²) in [7, 11) is 0. The lowest BCUT2D eigenvalue weighted by molar-refractivity contribution is 0.513. The lowest BCUT2D eigenvalue weighted by Crippen LogP contribution is -2.11. The summed E-state index contributed by atoms with van der Waals surface area (Å²) >= 11 is 6.54. The fourth-order valence-corrected chi connectivity index (χ4v) is 2.75. The smallest absolute Gasteiger partial charge is 0.408 e. The van der Waals surface area contributed by atoms with Crippen LogP contribution in [0.1, 0.15) is 29.0 Å². The molecule has 0 amide bonds. The zero-order valence-electron chi connectivity index (χ0n) is 12.0. The number of hydrogen-bond acceptors (Lipinski definition) is 2. The molecule has 0 radical (unpaired) electrons. The molecule has 0 N–H and O–H groups in total. The first kappa shape index (κ1) is 14.0. The molecule has 2 aromatic carbocycles. The van der Waals surface area contributed by atoms with Crippen LogP contribution in [0.4, 0.5) is 0 Å². The van der Waals surface area contributed by atoms with E-state index in [2.05, 4.69) is 0 Å². The van der Waals surface area contributed by atoms with Gasteiger partial charge in [-0.3, -0.25) is 4.57 Å². The van der Waals surface area contributed by atoms with Crippen molar-refractivity contribution in [3.05, 3.63) is 69.7 Å². The largest absolute Gasteiger partial charge is 0.419 e. The molecule has 1 unspecified atom stereocenters. The molecular formula is C17H16ClNO2. The highest BCUT2D eigenvalue weighted by Crippen LogP contribution is 2.30. The number of rotatable bonds is 3. The molecule has 0 aliphatic rings. The zero-order chi connectivity index (χ0) is 15.0. The standard InChI is InChI=1S/C17H16ClNO2/c1-3-19-14-9-8-13(10-15(14)21-17(19)20)16(18)12-6-4-11(2)5-7-12/h4-10,16H,3H2,1-2H3. The van der Waals surface area contributed by atoms with Crippen molar-refractivity contribution in [2.45, 2.75) is 25.8 Å². The average molecular weight is 302 g/mol. The van der Waals surface area contributed by atoms with Crippen LogP contribution in [-0.4, -0.2) is 4.57 Å². The molecule has 0 saturated carbocycles. The quantitative estimate of drug-likeness (QED) is 0.678. The van der Waals surface area contributed by atoms with Gasteiger partial charge in [-0.2, -0.15) is 0 Å². The second-order valence-electron chi connectivity index (χ2n) is 5.11. The van der Waals surface area contributed by atoms with Gasteiger partial charge in [-0.1, -0.05) is 35.9 Å². The normalized spacial score (nSPS) is 12.7. The van der Waals surface area contributed by atoms with Crippen LogP contribution in [0, 0.1) is 6.92 Å². The second kappa shape index (κ2) is 5.41. The number of alkyl halides is 1. The van der Waals surface area contributed by atoms with Crippen LogP contribution in [0.15, 0.2) is 51.7 Å². The van der Waals surface area contributed by atoms with Crippen molar-refractivity contribution in [1.82, 2.24) is 4.57 Å². The topological polar surface area (TPSA) is 35.1 Å². The van der Waals surface area contributed by atoms with Crippen LogP contribution in [0.2, 0.25) is 0 Å². The van der Waals surface area contributed by atoms with Gasteiger partial charge in [-0.15, -0.1) is 11.6 Å². The zero-order valence-corrected chi connectivity index (χ0v) is 12.7. The SMILES string of the molecule is CCn1c(=O)oc2cc(C(Cl)c3ccc(C)cc3)ccc21. The van der Waals surface area contributed by atoms with Crippen LogP contribution in [0.3, 0.4) is 0 Å². The molecule has 3 aromatic rings. The fraction of sp³-hybridized carbons (Fsp3) is 0.235. The number of aryl methyl sites for hydroxylation is 2. The highest BCUT2D eigenvalue weighted by Gasteiger charge is 2.14. The number of fused-ring (bicyclic) bond motifs is 1. The molecule has 0 aliphatic heterocycles. The molecule has 1 aromatic heterocycles. The Balaban J connectivity index is 2.04. The van der Waals surface area contributed by atoms with Gasteiger partial charge in [0.25, 0.3) is 0 Å². The summed E-state index contributed by atoms with van der Waals surface area (Å²) < 4.78 is 6.89.